The van der Waals surface area contributed by atoms with Crippen LogP contribution in [0.25, 0.3) is 0 Å². The van der Waals surface area contributed by atoms with Gasteiger partial charge in [0.25, 0.3) is 5.91 Å². The van der Waals surface area contributed by atoms with Gasteiger partial charge in [-0.05, 0) is 37.3 Å². The highest BCUT2D eigenvalue weighted by atomic mass is 35.5. The molecule has 0 bridgehead atoms. The Hall–Kier alpha value is -1.76. The number of hydrogen-bond acceptors (Lipinski definition) is 5. The van der Waals surface area contributed by atoms with E-state index in [1.165, 1.54) is 29.5 Å². The molecule has 2 aromatic rings. The number of carbonyl (C=O) groups excluding carboxylic acids is 2. The second kappa shape index (κ2) is 8.37. The van der Waals surface area contributed by atoms with Gasteiger partial charge in [0.2, 0.25) is 0 Å². The number of nitrogens with two attached hydrogens (primary N) is 1. The molecule has 0 aliphatic carbocycles. The van der Waals surface area contributed by atoms with E-state index in [0.717, 1.165) is 4.88 Å². The Morgan fingerprint density at radius 2 is 2.00 bits per heavy atom. The average Bonchev–Trinajstić information content (AvgIpc) is 2.97. The number of thiophene rings is 1. The highest BCUT2D eigenvalue weighted by Gasteiger charge is 2.17. The summed E-state index contributed by atoms with van der Waals surface area (Å²) in [4.78, 5) is 26.7. The van der Waals surface area contributed by atoms with Crippen LogP contribution in [0.5, 0.6) is 0 Å². The second-order valence-corrected chi connectivity index (χ2v) is 7.13. The molecule has 5 nitrogen and oxygen atoms in total. The fourth-order valence-corrected chi connectivity index (χ4v) is 3.19. The van der Waals surface area contributed by atoms with Crippen LogP contribution in [0.4, 0.5) is 5.69 Å². The quantitative estimate of drug-likeness (QED) is 0.604. The smallest absolute Gasteiger partial charge is 0.338 e. The van der Waals surface area contributed by atoms with E-state index >= 15 is 0 Å². The van der Waals surface area contributed by atoms with Gasteiger partial charge < -0.3 is 15.4 Å². The number of ether oxygens (including phenoxy) is 1. The molecule has 0 fully saturated rings. The Balaban J connectivity index is 1.92. The summed E-state index contributed by atoms with van der Waals surface area (Å²) in [5.41, 5.74) is 6.18. The summed E-state index contributed by atoms with van der Waals surface area (Å²) < 4.78 is 5.73. The minimum atomic E-state index is -0.623. The topological polar surface area (TPSA) is 72.6 Å². The first-order valence-corrected chi connectivity index (χ1v) is 8.72. The predicted molar refractivity (Wildman–Crippen MR) is 96.6 cm³/mol. The monoisotopic (exact) mass is 386 g/mol. The average molecular weight is 387 g/mol. The summed E-state index contributed by atoms with van der Waals surface area (Å²) >= 11 is 13.1. The lowest BCUT2D eigenvalue weighted by Gasteiger charge is -2.20. The van der Waals surface area contributed by atoms with Crippen molar-refractivity contribution in [3.63, 3.8) is 0 Å². The predicted octanol–water partition coefficient (Wildman–Crippen LogP) is 3.84. The van der Waals surface area contributed by atoms with E-state index in [1.807, 2.05) is 13.0 Å². The van der Waals surface area contributed by atoms with Crippen molar-refractivity contribution in [2.24, 2.45) is 0 Å². The summed E-state index contributed by atoms with van der Waals surface area (Å²) in [5, 5.41) is 0.356. The number of rotatable bonds is 6. The molecule has 0 saturated carbocycles. The van der Waals surface area contributed by atoms with Crippen molar-refractivity contribution in [3.8, 4) is 0 Å². The normalized spacial score (nSPS) is 10.5. The number of nitrogens with zero attached hydrogens (tertiary/aromatic N) is 1. The van der Waals surface area contributed by atoms with Crippen LogP contribution in [-0.4, -0.2) is 29.9 Å². The van der Waals surface area contributed by atoms with Crippen molar-refractivity contribution in [1.82, 2.24) is 4.90 Å². The molecule has 0 radical (unpaired) electrons. The van der Waals surface area contributed by atoms with Crippen molar-refractivity contribution >= 4 is 52.1 Å². The van der Waals surface area contributed by atoms with Gasteiger partial charge in [-0.15, -0.1) is 11.3 Å². The number of halogens is 2. The van der Waals surface area contributed by atoms with Crippen molar-refractivity contribution in [3.05, 3.63) is 50.1 Å². The second-order valence-electron chi connectivity index (χ2n) is 4.93. The first-order valence-electron chi connectivity index (χ1n) is 7.14. The van der Waals surface area contributed by atoms with E-state index in [0.29, 0.717) is 22.4 Å². The summed E-state index contributed by atoms with van der Waals surface area (Å²) in [6.45, 7) is 2.45. The van der Waals surface area contributed by atoms with Crippen molar-refractivity contribution in [1.29, 1.82) is 0 Å². The van der Waals surface area contributed by atoms with Crippen LogP contribution in [0.1, 0.15) is 22.2 Å². The molecule has 0 aliphatic rings. The molecule has 2 rings (SSSR count). The molecule has 8 heteroatoms. The van der Waals surface area contributed by atoms with Crippen LogP contribution in [0.3, 0.4) is 0 Å². The number of anilines is 1. The zero-order valence-corrected chi connectivity index (χ0v) is 15.2. The van der Waals surface area contributed by atoms with Gasteiger partial charge in [0.15, 0.2) is 6.61 Å². The summed E-state index contributed by atoms with van der Waals surface area (Å²) in [7, 11) is 0. The Morgan fingerprint density at radius 3 is 2.58 bits per heavy atom. The molecular formula is C16H16Cl2N2O3S. The van der Waals surface area contributed by atoms with Crippen molar-refractivity contribution < 1.29 is 14.3 Å². The lowest BCUT2D eigenvalue weighted by molar-refractivity contribution is -0.134. The van der Waals surface area contributed by atoms with E-state index in [4.69, 9.17) is 33.7 Å². The number of hydrogen-bond donors (Lipinski definition) is 1. The van der Waals surface area contributed by atoms with Gasteiger partial charge in [0.1, 0.15) is 0 Å². The lowest BCUT2D eigenvalue weighted by atomic mass is 10.2. The third kappa shape index (κ3) is 4.87. The zero-order valence-electron chi connectivity index (χ0n) is 12.9. The summed E-state index contributed by atoms with van der Waals surface area (Å²) in [6.07, 6.45) is 0. The molecule has 0 atom stereocenters. The Bertz CT molecular complexity index is 749. The zero-order chi connectivity index (χ0) is 17.7. The standard InChI is InChI=1S/C16H16Cl2N2O3S/c1-2-20(8-11-4-6-14(18)24-11)15(21)9-23-16(22)10-3-5-12(17)13(19)7-10/h3-7H,2,8-9,19H2,1H3. The van der Waals surface area contributed by atoms with Gasteiger partial charge >= 0.3 is 5.97 Å². The van der Waals surface area contributed by atoms with Gasteiger partial charge in [0, 0.05) is 11.4 Å². The molecule has 0 unspecified atom stereocenters. The molecule has 24 heavy (non-hydrogen) atoms. The van der Waals surface area contributed by atoms with Crippen LogP contribution in [0, 0.1) is 0 Å². The fraction of sp³-hybridized carbons (Fsp3) is 0.250. The number of benzene rings is 1. The molecule has 1 aromatic carbocycles. The fourth-order valence-electron chi connectivity index (χ4n) is 1.97. The van der Waals surface area contributed by atoms with Gasteiger partial charge in [-0.1, -0.05) is 23.2 Å². The summed E-state index contributed by atoms with van der Waals surface area (Å²) in [6, 6.07) is 8.07. The van der Waals surface area contributed by atoms with E-state index in [-0.39, 0.29) is 23.8 Å². The van der Waals surface area contributed by atoms with Gasteiger partial charge in [-0.2, -0.15) is 0 Å². The van der Waals surface area contributed by atoms with Gasteiger partial charge in [-0.25, -0.2) is 4.79 Å². The largest absolute Gasteiger partial charge is 0.452 e. The number of amides is 1. The van der Waals surface area contributed by atoms with Crippen LogP contribution < -0.4 is 5.73 Å². The number of esters is 1. The van der Waals surface area contributed by atoms with Crippen molar-refractivity contribution in [2.45, 2.75) is 13.5 Å². The Morgan fingerprint density at radius 1 is 1.25 bits per heavy atom. The van der Waals surface area contributed by atoms with E-state index in [1.54, 1.807) is 11.0 Å². The molecule has 0 saturated heterocycles. The lowest BCUT2D eigenvalue weighted by Crippen LogP contribution is -2.33. The van der Waals surface area contributed by atoms with Gasteiger partial charge in [-0.3, -0.25) is 4.79 Å². The SMILES string of the molecule is CCN(Cc1ccc(Cl)s1)C(=O)COC(=O)c1ccc(Cl)c(N)c1. The molecule has 1 aromatic heterocycles. The first-order chi connectivity index (χ1) is 11.4. The number of carbonyl (C=O) groups is 2. The highest BCUT2D eigenvalue weighted by molar-refractivity contribution is 7.16. The van der Waals surface area contributed by atoms with Gasteiger partial charge in [0.05, 0.1) is 27.2 Å². The van der Waals surface area contributed by atoms with Crippen LogP contribution in [0.2, 0.25) is 9.36 Å². The van der Waals surface area contributed by atoms with E-state index in [9.17, 15) is 9.59 Å². The molecular weight excluding hydrogens is 371 g/mol. The van der Waals surface area contributed by atoms with Crippen molar-refractivity contribution in [2.75, 3.05) is 18.9 Å². The molecule has 0 spiro atoms. The summed E-state index contributed by atoms with van der Waals surface area (Å²) in [5.74, 6) is -0.903. The molecule has 128 valence electrons. The van der Waals surface area contributed by atoms with E-state index in [2.05, 4.69) is 0 Å². The molecule has 2 N–H and O–H groups in total. The first kappa shape index (κ1) is 18.6. The Kier molecular flexibility index (Phi) is 6.48. The maximum Gasteiger partial charge on any atom is 0.338 e. The minimum absolute atomic E-state index is 0.248. The van der Waals surface area contributed by atoms with E-state index < -0.39 is 5.97 Å². The number of likely N-dealkylation sites (N-methyl/N-ethyl adjacent to an activating group) is 1. The molecule has 1 amide bonds. The third-order valence-electron chi connectivity index (χ3n) is 3.27. The van der Waals surface area contributed by atoms with Crippen LogP contribution in [0.15, 0.2) is 30.3 Å². The maximum absolute atomic E-state index is 12.2. The minimum Gasteiger partial charge on any atom is -0.452 e. The number of nitrogen functional groups attached to an aromatic ring is 1. The third-order valence-corrected chi connectivity index (χ3v) is 4.83. The van der Waals surface area contributed by atoms with Crippen LogP contribution in [-0.2, 0) is 16.1 Å². The Labute approximate surface area is 153 Å². The molecule has 0 aliphatic heterocycles. The molecule has 1 heterocycles. The maximum atomic E-state index is 12.2. The highest BCUT2D eigenvalue weighted by Crippen LogP contribution is 2.23. The van der Waals surface area contributed by atoms with Crippen LogP contribution >= 0.6 is 34.5 Å².